The number of carbonyl (C=O) groups excluding carboxylic acids is 1. The highest BCUT2D eigenvalue weighted by atomic mass is 32.1. The van der Waals surface area contributed by atoms with Gasteiger partial charge in [0.05, 0.1) is 6.20 Å². The highest BCUT2D eigenvalue weighted by Gasteiger charge is 2.57. The monoisotopic (exact) mass is 358 g/mol. The van der Waals surface area contributed by atoms with E-state index in [1.54, 1.807) is 16.0 Å². The van der Waals surface area contributed by atoms with E-state index in [0.29, 0.717) is 17.9 Å². The van der Waals surface area contributed by atoms with Crippen LogP contribution in [-0.4, -0.2) is 39.7 Å². The van der Waals surface area contributed by atoms with Crippen molar-refractivity contribution in [3.05, 3.63) is 40.3 Å². The fourth-order valence-corrected chi connectivity index (χ4v) is 4.84. The van der Waals surface area contributed by atoms with Gasteiger partial charge in [0, 0.05) is 32.3 Å². The molecule has 1 aliphatic heterocycles. The van der Waals surface area contributed by atoms with Crippen LogP contribution in [0.1, 0.15) is 36.8 Å². The molecule has 134 valence electrons. The smallest absolute Gasteiger partial charge is 0.223 e. The van der Waals surface area contributed by atoms with Crippen molar-refractivity contribution in [2.45, 2.75) is 44.7 Å². The summed E-state index contributed by atoms with van der Waals surface area (Å²) in [5, 5.41) is 11.9. The summed E-state index contributed by atoms with van der Waals surface area (Å²) >= 11 is 1.71. The van der Waals surface area contributed by atoms with Gasteiger partial charge in [0.25, 0.3) is 0 Å². The van der Waals surface area contributed by atoms with Gasteiger partial charge in [-0.25, -0.2) is 0 Å². The summed E-state index contributed by atoms with van der Waals surface area (Å²) in [7, 11) is 1.92. The van der Waals surface area contributed by atoms with Gasteiger partial charge in [0.15, 0.2) is 0 Å². The summed E-state index contributed by atoms with van der Waals surface area (Å²) < 4.78 is 1.80. The number of nitrogens with one attached hydrogen (secondary N) is 1. The average molecular weight is 359 g/mol. The summed E-state index contributed by atoms with van der Waals surface area (Å²) in [5.41, 5.74) is 2.78. The third-order valence-electron chi connectivity index (χ3n) is 5.76. The van der Waals surface area contributed by atoms with E-state index < -0.39 is 0 Å². The summed E-state index contributed by atoms with van der Waals surface area (Å²) in [6, 6.07) is 2.57. The summed E-state index contributed by atoms with van der Waals surface area (Å²) in [6.45, 7) is 2.94. The first-order chi connectivity index (χ1) is 12.2. The second kappa shape index (κ2) is 6.92. The molecule has 1 saturated carbocycles. The van der Waals surface area contributed by atoms with Gasteiger partial charge in [-0.3, -0.25) is 9.48 Å². The Balaban J connectivity index is 1.44. The van der Waals surface area contributed by atoms with E-state index >= 15 is 0 Å². The number of nitrogens with zero attached hydrogens (tertiary/aromatic N) is 3. The van der Waals surface area contributed by atoms with Gasteiger partial charge in [-0.15, -0.1) is 0 Å². The molecule has 3 heterocycles. The molecular weight excluding hydrogens is 332 g/mol. The predicted molar refractivity (Wildman–Crippen MR) is 99.3 cm³/mol. The fraction of sp³-hybridized carbons (Fsp3) is 0.579. The maximum atomic E-state index is 13.0. The van der Waals surface area contributed by atoms with E-state index in [0.717, 1.165) is 31.6 Å². The largest absolute Gasteiger partial charge is 0.335 e. The first kappa shape index (κ1) is 16.8. The van der Waals surface area contributed by atoms with Gasteiger partial charge < -0.3 is 10.2 Å². The highest BCUT2D eigenvalue weighted by molar-refractivity contribution is 7.07. The zero-order chi connectivity index (χ0) is 17.3. The summed E-state index contributed by atoms with van der Waals surface area (Å²) in [4.78, 5) is 15.2. The van der Waals surface area contributed by atoms with Crippen LogP contribution in [0.4, 0.5) is 0 Å². The Morgan fingerprint density at radius 2 is 2.28 bits per heavy atom. The molecule has 1 atom stereocenters. The number of aromatic nitrogens is 2. The zero-order valence-electron chi connectivity index (χ0n) is 14.8. The summed E-state index contributed by atoms with van der Waals surface area (Å²) in [6.07, 6.45) is 8.79. The van der Waals surface area contributed by atoms with Gasteiger partial charge in [-0.05, 0) is 72.1 Å². The number of piperidine rings is 1. The maximum absolute atomic E-state index is 13.0. The Bertz CT molecular complexity index is 718. The number of hydrogen-bond acceptors (Lipinski definition) is 4. The van der Waals surface area contributed by atoms with Gasteiger partial charge >= 0.3 is 0 Å². The molecule has 1 aliphatic carbocycles. The Hall–Kier alpha value is -1.66. The van der Waals surface area contributed by atoms with Crippen molar-refractivity contribution in [2.24, 2.45) is 12.5 Å². The fourth-order valence-electron chi connectivity index (χ4n) is 4.18. The molecule has 2 aromatic rings. The van der Waals surface area contributed by atoms with Crippen LogP contribution in [0.3, 0.4) is 0 Å². The molecule has 4 rings (SSSR count). The van der Waals surface area contributed by atoms with E-state index in [2.05, 4.69) is 32.1 Å². The minimum atomic E-state index is 0.287. The Morgan fingerprint density at radius 3 is 2.96 bits per heavy atom. The number of amides is 1. The lowest BCUT2D eigenvalue weighted by Crippen LogP contribution is -2.39. The Morgan fingerprint density at radius 1 is 1.44 bits per heavy atom. The van der Waals surface area contributed by atoms with Crippen molar-refractivity contribution in [1.29, 1.82) is 0 Å². The van der Waals surface area contributed by atoms with E-state index in [9.17, 15) is 4.79 Å². The molecule has 2 fully saturated rings. The van der Waals surface area contributed by atoms with Gasteiger partial charge in [-0.2, -0.15) is 16.4 Å². The minimum Gasteiger partial charge on any atom is -0.335 e. The number of aryl methyl sites for hydroxylation is 2. The lowest BCUT2D eigenvalue weighted by molar-refractivity contribution is -0.133. The van der Waals surface area contributed by atoms with Crippen molar-refractivity contribution in [2.75, 3.05) is 13.1 Å². The molecule has 1 saturated heterocycles. The molecule has 2 aromatic heterocycles. The van der Waals surface area contributed by atoms with Crippen LogP contribution in [-0.2, 0) is 24.8 Å². The van der Waals surface area contributed by atoms with Crippen molar-refractivity contribution >= 4 is 17.2 Å². The number of carbonyl (C=O) groups is 1. The Labute approximate surface area is 153 Å². The van der Waals surface area contributed by atoms with Crippen LogP contribution in [0, 0.1) is 5.41 Å². The quantitative estimate of drug-likeness (QED) is 0.863. The third-order valence-corrected chi connectivity index (χ3v) is 6.49. The molecule has 25 heavy (non-hydrogen) atoms. The lowest BCUT2D eigenvalue weighted by atomic mass is 9.93. The average Bonchev–Trinajstić information content (AvgIpc) is 2.99. The lowest BCUT2D eigenvalue weighted by Gasteiger charge is -2.29. The molecule has 0 bridgehead atoms. The Kier molecular flexibility index (Phi) is 4.65. The predicted octanol–water partition coefficient (Wildman–Crippen LogP) is 2.59. The second-order valence-electron chi connectivity index (χ2n) is 7.51. The number of hydrogen-bond donors (Lipinski definition) is 1. The number of rotatable bonds is 6. The maximum Gasteiger partial charge on any atom is 0.223 e. The third kappa shape index (κ3) is 3.65. The normalized spacial score (nSPS) is 21.4. The molecular formula is C19H26N4OS. The van der Waals surface area contributed by atoms with Crippen molar-refractivity contribution in [3.63, 3.8) is 0 Å². The highest BCUT2D eigenvalue weighted by Crippen LogP contribution is 2.56. The van der Waals surface area contributed by atoms with Crippen LogP contribution in [0.2, 0.25) is 0 Å². The van der Waals surface area contributed by atoms with Gasteiger partial charge in [0.1, 0.15) is 0 Å². The molecule has 1 unspecified atom stereocenters. The van der Waals surface area contributed by atoms with E-state index in [1.807, 2.05) is 19.4 Å². The number of thiophene rings is 1. The van der Waals surface area contributed by atoms with E-state index in [4.69, 9.17) is 0 Å². The van der Waals surface area contributed by atoms with Crippen molar-refractivity contribution in [3.8, 4) is 0 Å². The molecule has 0 aromatic carbocycles. The standard InChI is InChI=1S/C19H26N4OS/c1-22-12-15(11-21-22)2-3-18(24)23(13-16-4-9-25-14-16)17-10-19(17)5-7-20-8-6-19/h4,9,11-12,14,17,20H,2-3,5-8,10,13H2,1H3. The van der Waals surface area contributed by atoms with Crippen molar-refractivity contribution in [1.82, 2.24) is 20.0 Å². The van der Waals surface area contributed by atoms with E-state index in [-0.39, 0.29) is 5.91 Å². The van der Waals surface area contributed by atoms with Gasteiger partial charge in [-0.1, -0.05) is 0 Å². The first-order valence-electron chi connectivity index (χ1n) is 9.15. The molecule has 6 heteroatoms. The SMILES string of the molecule is Cn1cc(CCC(=O)N(Cc2ccsc2)C2CC23CCNCC3)cn1. The molecule has 1 N–H and O–H groups in total. The van der Waals surface area contributed by atoms with Gasteiger partial charge in [0.2, 0.25) is 5.91 Å². The zero-order valence-corrected chi connectivity index (χ0v) is 15.6. The first-order valence-corrected chi connectivity index (χ1v) is 10.1. The molecule has 1 amide bonds. The second-order valence-corrected chi connectivity index (χ2v) is 8.29. The van der Waals surface area contributed by atoms with E-state index in [1.165, 1.54) is 24.8 Å². The molecule has 1 spiro atoms. The molecule has 2 aliphatic rings. The minimum absolute atomic E-state index is 0.287. The van der Waals surface area contributed by atoms with Crippen LogP contribution >= 0.6 is 11.3 Å². The van der Waals surface area contributed by atoms with Crippen molar-refractivity contribution < 1.29 is 4.79 Å². The van der Waals surface area contributed by atoms with Crippen LogP contribution in [0.15, 0.2) is 29.2 Å². The van der Waals surface area contributed by atoms with Crippen LogP contribution in [0.25, 0.3) is 0 Å². The summed E-state index contributed by atoms with van der Waals surface area (Å²) in [5.74, 6) is 0.287. The van der Waals surface area contributed by atoms with Crippen LogP contribution in [0.5, 0.6) is 0 Å². The topological polar surface area (TPSA) is 50.2 Å². The molecule has 5 nitrogen and oxygen atoms in total. The molecule has 0 radical (unpaired) electrons. The van der Waals surface area contributed by atoms with Crippen LogP contribution < -0.4 is 5.32 Å².